The topological polar surface area (TPSA) is 44.8 Å². The fourth-order valence-electron chi connectivity index (χ4n) is 4.06. The van der Waals surface area contributed by atoms with Crippen LogP contribution in [-0.2, 0) is 11.2 Å². The molecule has 1 N–H and O–H groups in total. The van der Waals surface area contributed by atoms with Crippen LogP contribution < -0.4 is 10.2 Å². The molecule has 5 nitrogen and oxygen atoms in total. The lowest BCUT2D eigenvalue weighted by Gasteiger charge is -2.35. The number of carbonyl (C=O) groups excluding carboxylic acids is 1. The molecule has 0 saturated carbocycles. The zero-order chi connectivity index (χ0) is 19.5. The second kappa shape index (κ2) is 8.29. The molecule has 2 aromatic rings. The van der Waals surface area contributed by atoms with Crippen LogP contribution in [0.25, 0.3) is 0 Å². The molecular weight excluding hydrogens is 357 g/mol. The van der Waals surface area contributed by atoms with E-state index in [2.05, 4.69) is 40.4 Å². The molecule has 0 bridgehead atoms. The Morgan fingerprint density at radius 2 is 2.00 bits per heavy atom. The SMILES string of the molecule is CN1CCc2cc([C@H](CNC(=O)c3cccc(F)c3)N3CCOCC3)ccc21. The van der Waals surface area contributed by atoms with Gasteiger partial charge in [0.2, 0.25) is 0 Å². The van der Waals surface area contributed by atoms with E-state index in [0.29, 0.717) is 25.3 Å². The molecule has 2 aromatic carbocycles. The minimum absolute atomic E-state index is 0.0672. The zero-order valence-corrected chi connectivity index (χ0v) is 16.2. The number of halogens is 1. The number of likely N-dealkylation sites (N-methyl/N-ethyl adjacent to an activating group) is 1. The number of ether oxygens (including phenoxy) is 1. The molecule has 0 aliphatic carbocycles. The van der Waals surface area contributed by atoms with Gasteiger partial charge in [-0.15, -0.1) is 0 Å². The van der Waals surface area contributed by atoms with Crippen molar-refractivity contribution in [2.45, 2.75) is 12.5 Å². The Morgan fingerprint density at radius 1 is 1.18 bits per heavy atom. The fraction of sp³-hybridized carbons (Fsp3) is 0.409. The Balaban J connectivity index is 1.53. The second-order valence-electron chi connectivity index (χ2n) is 7.44. The number of anilines is 1. The third-order valence-corrected chi connectivity index (χ3v) is 5.65. The molecule has 0 unspecified atom stereocenters. The first-order valence-corrected chi connectivity index (χ1v) is 9.81. The van der Waals surface area contributed by atoms with Crippen molar-refractivity contribution in [2.24, 2.45) is 0 Å². The molecule has 6 heteroatoms. The van der Waals surface area contributed by atoms with Crippen LogP contribution in [0.5, 0.6) is 0 Å². The van der Waals surface area contributed by atoms with Crippen LogP contribution >= 0.6 is 0 Å². The van der Waals surface area contributed by atoms with Crippen molar-refractivity contribution in [1.29, 1.82) is 0 Å². The number of nitrogens with one attached hydrogen (secondary N) is 1. The van der Waals surface area contributed by atoms with Crippen molar-refractivity contribution in [1.82, 2.24) is 10.2 Å². The van der Waals surface area contributed by atoms with E-state index < -0.39 is 5.82 Å². The van der Waals surface area contributed by atoms with E-state index in [9.17, 15) is 9.18 Å². The zero-order valence-electron chi connectivity index (χ0n) is 16.2. The normalized spacial score (nSPS) is 18.0. The molecule has 1 atom stereocenters. The van der Waals surface area contributed by atoms with Gasteiger partial charge in [0.1, 0.15) is 5.82 Å². The minimum Gasteiger partial charge on any atom is -0.379 e. The van der Waals surface area contributed by atoms with Crippen molar-refractivity contribution in [2.75, 3.05) is 51.3 Å². The molecule has 2 aliphatic heterocycles. The van der Waals surface area contributed by atoms with Gasteiger partial charge in [0.05, 0.1) is 19.3 Å². The predicted molar refractivity (Wildman–Crippen MR) is 107 cm³/mol. The van der Waals surface area contributed by atoms with Crippen LogP contribution in [0.4, 0.5) is 10.1 Å². The van der Waals surface area contributed by atoms with Gasteiger partial charge < -0.3 is 15.0 Å². The third-order valence-electron chi connectivity index (χ3n) is 5.65. The highest BCUT2D eigenvalue weighted by Crippen LogP contribution is 2.31. The maximum absolute atomic E-state index is 13.4. The van der Waals surface area contributed by atoms with E-state index in [-0.39, 0.29) is 11.9 Å². The van der Waals surface area contributed by atoms with Gasteiger partial charge in [0, 0.05) is 44.5 Å². The highest BCUT2D eigenvalue weighted by molar-refractivity contribution is 5.94. The van der Waals surface area contributed by atoms with E-state index in [1.54, 1.807) is 12.1 Å². The van der Waals surface area contributed by atoms with E-state index in [1.165, 1.54) is 28.9 Å². The van der Waals surface area contributed by atoms with Crippen molar-refractivity contribution in [3.63, 3.8) is 0 Å². The molecule has 1 fully saturated rings. The van der Waals surface area contributed by atoms with Crippen LogP contribution in [-0.4, -0.2) is 57.2 Å². The first-order valence-electron chi connectivity index (χ1n) is 9.81. The van der Waals surface area contributed by atoms with Crippen molar-refractivity contribution in [3.8, 4) is 0 Å². The summed E-state index contributed by atoms with van der Waals surface area (Å²) in [5.74, 6) is -0.654. The maximum Gasteiger partial charge on any atom is 0.251 e. The summed E-state index contributed by atoms with van der Waals surface area (Å²) in [6.07, 6.45) is 1.05. The molecular formula is C22H26FN3O2. The summed E-state index contributed by atoms with van der Waals surface area (Å²) in [5.41, 5.74) is 4.19. The van der Waals surface area contributed by atoms with Gasteiger partial charge in [-0.05, 0) is 41.8 Å². The number of hydrogen-bond acceptors (Lipinski definition) is 4. The Bertz CT molecular complexity index is 851. The van der Waals surface area contributed by atoms with Gasteiger partial charge in [-0.2, -0.15) is 0 Å². The van der Waals surface area contributed by atoms with Crippen LogP contribution in [0.2, 0.25) is 0 Å². The van der Waals surface area contributed by atoms with E-state index in [4.69, 9.17) is 4.74 Å². The van der Waals surface area contributed by atoms with E-state index >= 15 is 0 Å². The Labute approximate surface area is 165 Å². The number of hydrogen-bond donors (Lipinski definition) is 1. The molecule has 2 aliphatic rings. The van der Waals surface area contributed by atoms with E-state index in [1.807, 2.05) is 0 Å². The molecule has 1 saturated heterocycles. The van der Waals surface area contributed by atoms with Gasteiger partial charge >= 0.3 is 0 Å². The summed E-state index contributed by atoms with van der Waals surface area (Å²) in [4.78, 5) is 17.1. The van der Waals surface area contributed by atoms with E-state index in [0.717, 1.165) is 26.1 Å². The standard InChI is InChI=1S/C22H26FN3O2/c1-25-8-7-17-13-16(5-6-20(17)25)21(26-9-11-28-12-10-26)15-24-22(27)18-3-2-4-19(23)14-18/h2-6,13-14,21H,7-12,15H2,1H3,(H,24,27)/t21-/m0/s1. The summed E-state index contributed by atoms with van der Waals surface area (Å²) in [7, 11) is 2.12. The van der Waals surface area contributed by atoms with Gasteiger partial charge in [0.25, 0.3) is 5.91 Å². The lowest BCUT2D eigenvalue weighted by molar-refractivity contribution is 0.0162. The number of nitrogens with zero attached hydrogens (tertiary/aromatic N) is 2. The van der Waals surface area contributed by atoms with Crippen LogP contribution in [0, 0.1) is 5.82 Å². The molecule has 0 spiro atoms. The predicted octanol–water partition coefficient (Wildman–Crippen LogP) is 2.62. The highest BCUT2D eigenvalue weighted by Gasteiger charge is 2.25. The van der Waals surface area contributed by atoms with Gasteiger partial charge in [-0.3, -0.25) is 9.69 Å². The Morgan fingerprint density at radius 3 is 2.79 bits per heavy atom. The molecule has 28 heavy (non-hydrogen) atoms. The number of amides is 1. The number of rotatable bonds is 5. The average molecular weight is 383 g/mol. The minimum atomic E-state index is -0.403. The van der Waals surface area contributed by atoms with Crippen molar-refractivity contribution < 1.29 is 13.9 Å². The summed E-state index contributed by atoms with van der Waals surface area (Å²) < 4.78 is 18.9. The molecule has 2 heterocycles. The maximum atomic E-state index is 13.4. The first-order chi connectivity index (χ1) is 13.6. The molecule has 0 aromatic heterocycles. The number of morpholine rings is 1. The molecule has 0 radical (unpaired) electrons. The van der Waals surface area contributed by atoms with Crippen molar-refractivity contribution >= 4 is 11.6 Å². The summed E-state index contributed by atoms with van der Waals surface area (Å²) in [6.45, 7) is 4.57. The van der Waals surface area contributed by atoms with Crippen LogP contribution in [0.1, 0.15) is 27.5 Å². The van der Waals surface area contributed by atoms with Crippen molar-refractivity contribution in [3.05, 3.63) is 65.0 Å². The highest BCUT2D eigenvalue weighted by atomic mass is 19.1. The number of fused-ring (bicyclic) bond motifs is 1. The lowest BCUT2D eigenvalue weighted by atomic mass is 10.00. The molecule has 1 amide bonds. The molecule has 148 valence electrons. The number of benzene rings is 2. The quantitative estimate of drug-likeness (QED) is 0.862. The largest absolute Gasteiger partial charge is 0.379 e. The monoisotopic (exact) mass is 383 g/mol. The fourth-order valence-corrected chi connectivity index (χ4v) is 4.06. The lowest BCUT2D eigenvalue weighted by Crippen LogP contribution is -2.43. The summed E-state index contributed by atoms with van der Waals surface area (Å²) in [6, 6.07) is 12.5. The number of carbonyl (C=O) groups is 1. The second-order valence-corrected chi connectivity index (χ2v) is 7.44. The van der Waals surface area contributed by atoms with Crippen LogP contribution in [0.3, 0.4) is 0 Å². The van der Waals surface area contributed by atoms with Gasteiger partial charge in [-0.1, -0.05) is 18.2 Å². The molecule has 4 rings (SSSR count). The smallest absolute Gasteiger partial charge is 0.251 e. The third kappa shape index (κ3) is 4.03. The summed E-state index contributed by atoms with van der Waals surface area (Å²) in [5, 5.41) is 3.00. The Kier molecular flexibility index (Phi) is 5.59. The summed E-state index contributed by atoms with van der Waals surface area (Å²) >= 11 is 0. The van der Waals surface area contributed by atoms with Gasteiger partial charge in [0.15, 0.2) is 0 Å². The van der Waals surface area contributed by atoms with Gasteiger partial charge in [-0.25, -0.2) is 4.39 Å². The first kappa shape index (κ1) is 18.9. The Hall–Kier alpha value is -2.44. The average Bonchev–Trinajstić information content (AvgIpc) is 3.09. The van der Waals surface area contributed by atoms with Crippen LogP contribution in [0.15, 0.2) is 42.5 Å².